The van der Waals surface area contributed by atoms with E-state index in [4.69, 9.17) is 4.74 Å². The molecule has 1 aliphatic rings. The number of methoxy groups -OCH3 is 1. The zero-order valence-electron chi connectivity index (χ0n) is 14.5. The van der Waals surface area contributed by atoms with E-state index in [-0.39, 0.29) is 0 Å². The largest absolute Gasteiger partial charge is 0.496 e. The number of benzene rings is 1. The number of aromatic nitrogens is 3. The fraction of sp³-hybridized carbons (Fsp3) is 0.556. The number of ether oxygens (including phenoxy) is 1. The fourth-order valence-electron chi connectivity index (χ4n) is 3.05. The van der Waals surface area contributed by atoms with E-state index < -0.39 is 0 Å². The summed E-state index contributed by atoms with van der Waals surface area (Å²) in [6.07, 6.45) is 2.12. The summed E-state index contributed by atoms with van der Waals surface area (Å²) in [5.74, 6) is 3.43. The molecule has 5 heteroatoms. The molecule has 1 aromatic carbocycles. The van der Waals surface area contributed by atoms with Crippen LogP contribution in [0.2, 0.25) is 0 Å². The Bertz CT molecular complexity index is 678. The highest BCUT2D eigenvalue weighted by Gasteiger charge is 2.22. The molecule has 1 N–H and O–H groups in total. The van der Waals surface area contributed by atoms with Gasteiger partial charge in [0, 0.05) is 24.9 Å². The van der Waals surface area contributed by atoms with E-state index in [9.17, 15) is 0 Å². The molecule has 2 heterocycles. The van der Waals surface area contributed by atoms with Gasteiger partial charge in [0.25, 0.3) is 0 Å². The van der Waals surface area contributed by atoms with Crippen LogP contribution in [-0.4, -0.2) is 27.9 Å². The molecule has 0 fully saturated rings. The lowest BCUT2D eigenvalue weighted by molar-refractivity contribution is 0.357. The van der Waals surface area contributed by atoms with Crippen LogP contribution in [0.3, 0.4) is 0 Å². The Kier molecular flexibility index (Phi) is 4.66. The number of nitrogens with zero attached hydrogens (tertiary/aromatic N) is 3. The first-order chi connectivity index (χ1) is 11.1. The Hall–Kier alpha value is -1.88. The van der Waals surface area contributed by atoms with Gasteiger partial charge >= 0.3 is 0 Å². The molecule has 124 valence electrons. The minimum atomic E-state index is 0.391. The second-order valence-corrected chi connectivity index (χ2v) is 6.64. The van der Waals surface area contributed by atoms with E-state index in [1.54, 1.807) is 7.11 Å². The Labute approximate surface area is 138 Å². The lowest BCUT2D eigenvalue weighted by Gasteiger charge is -2.23. The third-order valence-electron chi connectivity index (χ3n) is 4.44. The lowest BCUT2D eigenvalue weighted by atomic mass is 10.1. The average molecular weight is 314 g/mol. The number of hydrogen-bond donors (Lipinski definition) is 1. The van der Waals surface area contributed by atoms with Crippen molar-refractivity contribution in [3.8, 4) is 5.75 Å². The van der Waals surface area contributed by atoms with Gasteiger partial charge in [-0.25, -0.2) is 9.67 Å². The Morgan fingerprint density at radius 1 is 1.39 bits per heavy atom. The standard InChI is InChI=1S/C18H26N4O/c1-12(2)18-20-17-8-6-15(11-22(17)21-18)19-10-14-5-7-16(23-4)13(3)9-14/h5,7,9,12,15,19H,6,8,10-11H2,1-4H3. The topological polar surface area (TPSA) is 52.0 Å². The smallest absolute Gasteiger partial charge is 0.153 e. The first kappa shape index (κ1) is 16.0. The first-order valence-electron chi connectivity index (χ1n) is 8.37. The molecule has 0 bridgehead atoms. The summed E-state index contributed by atoms with van der Waals surface area (Å²) in [5, 5.41) is 8.29. The molecule has 2 aromatic rings. The minimum absolute atomic E-state index is 0.391. The maximum absolute atomic E-state index is 5.32. The molecule has 23 heavy (non-hydrogen) atoms. The molecule has 1 unspecified atom stereocenters. The zero-order chi connectivity index (χ0) is 16.4. The molecular weight excluding hydrogens is 288 g/mol. The maximum Gasteiger partial charge on any atom is 0.153 e. The van der Waals surface area contributed by atoms with E-state index in [2.05, 4.69) is 53.0 Å². The predicted octanol–water partition coefficient (Wildman–Crippen LogP) is 2.82. The third-order valence-corrected chi connectivity index (χ3v) is 4.44. The summed E-state index contributed by atoms with van der Waals surface area (Å²) in [7, 11) is 1.71. The lowest BCUT2D eigenvalue weighted by Crippen LogP contribution is -2.37. The zero-order valence-corrected chi connectivity index (χ0v) is 14.5. The van der Waals surface area contributed by atoms with Gasteiger partial charge < -0.3 is 10.1 Å². The molecule has 1 aromatic heterocycles. The summed E-state index contributed by atoms with van der Waals surface area (Å²) in [6, 6.07) is 6.80. The number of nitrogens with one attached hydrogen (secondary N) is 1. The van der Waals surface area contributed by atoms with Crippen molar-refractivity contribution in [1.29, 1.82) is 0 Å². The van der Waals surface area contributed by atoms with E-state index in [1.807, 2.05) is 6.07 Å². The summed E-state index contributed by atoms with van der Waals surface area (Å²) in [5.41, 5.74) is 2.46. The molecule has 3 rings (SSSR count). The SMILES string of the molecule is COc1ccc(CNC2CCc3nc(C(C)C)nn3C2)cc1C. The van der Waals surface area contributed by atoms with Crippen LogP contribution in [0.4, 0.5) is 0 Å². The highest BCUT2D eigenvalue weighted by Crippen LogP contribution is 2.20. The van der Waals surface area contributed by atoms with Crippen LogP contribution in [0.25, 0.3) is 0 Å². The van der Waals surface area contributed by atoms with Crippen molar-refractivity contribution >= 4 is 0 Å². The van der Waals surface area contributed by atoms with E-state index in [0.717, 1.165) is 43.3 Å². The molecular formula is C18H26N4O. The first-order valence-corrected chi connectivity index (χ1v) is 8.37. The predicted molar refractivity (Wildman–Crippen MR) is 90.8 cm³/mol. The van der Waals surface area contributed by atoms with Crippen molar-refractivity contribution in [2.24, 2.45) is 0 Å². The van der Waals surface area contributed by atoms with Crippen LogP contribution in [0.5, 0.6) is 5.75 Å². The van der Waals surface area contributed by atoms with Crippen molar-refractivity contribution < 1.29 is 4.74 Å². The highest BCUT2D eigenvalue weighted by atomic mass is 16.5. The number of hydrogen-bond acceptors (Lipinski definition) is 4. The summed E-state index contributed by atoms with van der Waals surface area (Å²) in [4.78, 5) is 4.64. The summed E-state index contributed by atoms with van der Waals surface area (Å²) < 4.78 is 7.40. The van der Waals surface area contributed by atoms with Crippen LogP contribution < -0.4 is 10.1 Å². The minimum Gasteiger partial charge on any atom is -0.496 e. The van der Waals surface area contributed by atoms with E-state index in [0.29, 0.717) is 12.0 Å². The molecule has 0 aliphatic carbocycles. The molecule has 1 atom stereocenters. The van der Waals surface area contributed by atoms with Crippen LogP contribution in [-0.2, 0) is 19.5 Å². The normalized spacial score (nSPS) is 17.3. The quantitative estimate of drug-likeness (QED) is 0.922. The summed E-state index contributed by atoms with van der Waals surface area (Å²) in [6.45, 7) is 8.14. The Morgan fingerprint density at radius 2 is 2.22 bits per heavy atom. The maximum atomic E-state index is 5.32. The fourth-order valence-corrected chi connectivity index (χ4v) is 3.05. The van der Waals surface area contributed by atoms with Gasteiger partial charge in [-0.2, -0.15) is 5.10 Å². The van der Waals surface area contributed by atoms with E-state index in [1.165, 1.54) is 11.1 Å². The van der Waals surface area contributed by atoms with Crippen molar-refractivity contribution in [2.45, 2.75) is 58.7 Å². The van der Waals surface area contributed by atoms with Crippen LogP contribution in [0, 0.1) is 6.92 Å². The summed E-state index contributed by atoms with van der Waals surface area (Å²) >= 11 is 0. The van der Waals surface area contributed by atoms with Crippen LogP contribution in [0.15, 0.2) is 18.2 Å². The average Bonchev–Trinajstić information content (AvgIpc) is 2.96. The monoisotopic (exact) mass is 314 g/mol. The van der Waals surface area contributed by atoms with Crippen molar-refractivity contribution in [3.63, 3.8) is 0 Å². The molecule has 0 spiro atoms. The van der Waals surface area contributed by atoms with Gasteiger partial charge in [-0.3, -0.25) is 0 Å². The van der Waals surface area contributed by atoms with E-state index >= 15 is 0 Å². The van der Waals surface area contributed by atoms with Gasteiger partial charge in [0.05, 0.1) is 13.7 Å². The van der Waals surface area contributed by atoms with Gasteiger partial charge in [-0.1, -0.05) is 26.0 Å². The molecule has 0 saturated heterocycles. The van der Waals surface area contributed by atoms with Gasteiger partial charge in [-0.05, 0) is 30.5 Å². The molecule has 0 amide bonds. The van der Waals surface area contributed by atoms with Gasteiger partial charge in [-0.15, -0.1) is 0 Å². The van der Waals surface area contributed by atoms with Crippen molar-refractivity contribution in [2.75, 3.05) is 7.11 Å². The third kappa shape index (κ3) is 3.55. The molecule has 1 aliphatic heterocycles. The van der Waals surface area contributed by atoms with Crippen molar-refractivity contribution in [1.82, 2.24) is 20.1 Å². The van der Waals surface area contributed by atoms with Gasteiger partial charge in [0.15, 0.2) is 5.82 Å². The van der Waals surface area contributed by atoms with Gasteiger partial charge in [0.1, 0.15) is 11.6 Å². The molecule has 5 nitrogen and oxygen atoms in total. The second kappa shape index (κ2) is 6.71. The number of rotatable bonds is 5. The van der Waals surface area contributed by atoms with Gasteiger partial charge in [0.2, 0.25) is 0 Å². The number of aryl methyl sites for hydroxylation is 2. The van der Waals surface area contributed by atoms with Crippen LogP contribution >= 0.6 is 0 Å². The second-order valence-electron chi connectivity index (χ2n) is 6.64. The molecule has 0 radical (unpaired) electrons. The van der Waals surface area contributed by atoms with Crippen molar-refractivity contribution in [3.05, 3.63) is 41.0 Å². The highest BCUT2D eigenvalue weighted by molar-refractivity contribution is 5.36. The Morgan fingerprint density at radius 3 is 2.91 bits per heavy atom. The van der Waals surface area contributed by atoms with Crippen LogP contribution in [0.1, 0.15) is 49.0 Å². The number of fused-ring (bicyclic) bond motifs is 1. The molecule has 0 saturated carbocycles. The Balaban J connectivity index is 1.60.